The van der Waals surface area contributed by atoms with E-state index in [1.54, 1.807) is 0 Å². The molecule has 2 amide bonds. The monoisotopic (exact) mass is 429 g/mol. The van der Waals surface area contributed by atoms with E-state index in [0.717, 1.165) is 16.6 Å². The Morgan fingerprint density at radius 3 is 2.90 bits per heavy atom. The molecule has 0 bridgehead atoms. The lowest BCUT2D eigenvalue weighted by Gasteiger charge is -2.45. The van der Waals surface area contributed by atoms with Crippen LogP contribution in [0.2, 0.25) is 0 Å². The predicted molar refractivity (Wildman–Crippen MR) is 118 cm³/mol. The number of primary amides is 1. The average Bonchev–Trinajstić information content (AvgIpc) is 2.77. The number of aliphatic hydroxyl groups excluding tert-OH is 1. The first-order valence-electron chi connectivity index (χ1n) is 12.5. The summed E-state index contributed by atoms with van der Waals surface area (Å²) in [7, 11) is 0. The number of benzene rings is 1. The van der Waals surface area contributed by atoms with Crippen LogP contribution in [0.5, 0.6) is 0 Å². The maximum atomic E-state index is 13.1. The number of carbonyl (C=O) groups is 1. The van der Waals surface area contributed by atoms with Crippen LogP contribution in [0.4, 0.5) is 4.79 Å². The number of aromatic nitrogens is 2. The van der Waals surface area contributed by atoms with Gasteiger partial charge in [0.1, 0.15) is 5.69 Å². The van der Waals surface area contributed by atoms with Crippen LogP contribution in [-0.2, 0) is 18.5 Å². The van der Waals surface area contributed by atoms with Gasteiger partial charge in [0, 0.05) is 47.8 Å². The number of piperidine rings is 1. The number of likely N-dealkylation sites (tertiary alicyclic amines) is 1. The van der Waals surface area contributed by atoms with Crippen molar-refractivity contribution in [2.45, 2.75) is 50.7 Å². The van der Waals surface area contributed by atoms with E-state index in [0.29, 0.717) is 18.0 Å². The van der Waals surface area contributed by atoms with Crippen molar-refractivity contribution < 1.29 is 15.4 Å². The number of hydrogen-bond donors (Lipinski definition) is 2. The Bertz CT molecular complexity index is 1170. The van der Waals surface area contributed by atoms with Crippen LogP contribution in [0, 0.1) is 6.92 Å². The molecule has 2 aliphatic rings. The number of urea groups is 1. The molecule has 1 unspecified atom stereocenters. The number of rotatable bonds is 5. The lowest BCUT2D eigenvalue weighted by molar-refractivity contribution is 0.0284. The van der Waals surface area contributed by atoms with Crippen LogP contribution in [0.1, 0.15) is 41.5 Å². The van der Waals surface area contributed by atoms with Crippen molar-refractivity contribution in [1.29, 1.82) is 0 Å². The Labute approximate surface area is 187 Å². The third kappa shape index (κ3) is 4.50. The van der Waals surface area contributed by atoms with Crippen molar-refractivity contribution in [3.8, 4) is 0 Å². The molecule has 0 saturated carbocycles. The van der Waals surface area contributed by atoms with E-state index >= 15 is 0 Å². The molecule has 0 aliphatic carbocycles. The molecular weight excluding hydrogens is 394 g/mol. The van der Waals surface area contributed by atoms with Gasteiger partial charge in [0.25, 0.3) is 5.56 Å². The third-order valence-corrected chi connectivity index (χ3v) is 6.02. The zero-order valence-corrected chi connectivity index (χ0v) is 17.6. The normalized spacial score (nSPS) is 27.9. The van der Waals surface area contributed by atoms with Gasteiger partial charge in [-0.2, -0.15) is 0 Å². The molecule has 8 heteroatoms. The zero-order chi connectivity index (χ0) is 25.6. The predicted octanol–water partition coefficient (Wildman–Crippen LogP) is 1.23. The van der Waals surface area contributed by atoms with Gasteiger partial charge in [-0.15, -0.1) is 0 Å². The summed E-state index contributed by atoms with van der Waals surface area (Å²) in [5.74, 6) is 0. The second-order valence-corrected chi connectivity index (χ2v) is 8.29. The van der Waals surface area contributed by atoms with Gasteiger partial charge in [-0.05, 0) is 43.7 Å². The largest absolute Gasteiger partial charge is 0.392 e. The fourth-order valence-corrected chi connectivity index (χ4v) is 4.50. The maximum absolute atomic E-state index is 13.1. The molecule has 0 radical (unpaired) electrons. The SMILES string of the molecule is [2H]C1([2H])CN(C(N)=O)C([2H])([2H])C(C[C@H](O)CN2CCc3ccccc3C2)(n2ccnc(C)c2=O)C1. The highest BCUT2D eigenvalue weighted by molar-refractivity contribution is 5.72. The number of carbonyl (C=O) groups excluding carboxylic acids is 1. The summed E-state index contributed by atoms with van der Waals surface area (Å²) in [6.45, 7) is -0.115. The second-order valence-electron chi connectivity index (χ2n) is 8.29. The van der Waals surface area contributed by atoms with Crippen LogP contribution in [0.25, 0.3) is 0 Å². The van der Waals surface area contributed by atoms with Gasteiger partial charge in [0.05, 0.1) is 14.4 Å². The number of amides is 2. The summed E-state index contributed by atoms with van der Waals surface area (Å²) in [6, 6.07) is 6.93. The summed E-state index contributed by atoms with van der Waals surface area (Å²) in [5.41, 5.74) is 5.45. The second kappa shape index (κ2) is 8.80. The first-order valence-corrected chi connectivity index (χ1v) is 10.5. The number of aryl methyl sites for hydroxylation is 1. The van der Waals surface area contributed by atoms with E-state index in [-0.39, 0.29) is 18.7 Å². The molecule has 2 aromatic rings. The van der Waals surface area contributed by atoms with Crippen LogP contribution < -0.4 is 11.3 Å². The van der Waals surface area contributed by atoms with Gasteiger partial charge in [-0.25, -0.2) is 4.79 Å². The van der Waals surface area contributed by atoms with Crippen molar-refractivity contribution in [1.82, 2.24) is 19.4 Å². The van der Waals surface area contributed by atoms with Crippen LogP contribution in [-0.4, -0.2) is 62.7 Å². The van der Waals surface area contributed by atoms with Gasteiger partial charge < -0.3 is 20.3 Å². The van der Waals surface area contributed by atoms with Crippen molar-refractivity contribution in [3.05, 3.63) is 63.8 Å². The molecule has 4 rings (SSSR count). The minimum atomic E-state index is -2.56. The molecule has 31 heavy (non-hydrogen) atoms. The molecule has 2 atom stereocenters. The number of nitrogens with two attached hydrogens (primary N) is 1. The van der Waals surface area contributed by atoms with Gasteiger partial charge in [-0.3, -0.25) is 14.7 Å². The summed E-state index contributed by atoms with van der Waals surface area (Å²) >= 11 is 0. The molecule has 1 fully saturated rings. The summed E-state index contributed by atoms with van der Waals surface area (Å²) < 4.78 is 35.9. The summed E-state index contributed by atoms with van der Waals surface area (Å²) in [6.07, 6.45) is -0.458. The number of fused-ring (bicyclic) bond motifs is 1. The van der Waals surface area contributed by atoms with Crippen LogP contribution >= 0.6 is 0 Å². The molecule has 1 saturated heterocycles. The van der Waals surface area contributed by atoms with Gasteiger partial charge in [-0.1, -0.05) is 24.3 Å². The molecule has 1 aromatic heterocycles. The van der Waals surface area contributed by atoms with Gasteiger partial charge in [0.15, 0.2) is 0 Å². The summed E-state index contributed by atoms with van der Waals surface area (Å²) in [5, 5.41) is 11.2. The lowest BCUT2D eigenvalue weighted by Crippen LogP contribution is -2.57. The van der Waals surface area contributed by atoms with Gasteiger partial charge in [0.2, 0.25) is 0 Å². The Balaban J connectivity index is 1.72. The lowest BCUT2D eigenvalue weighted by atomic mass is 9.83. The number of aliphatic hydroxyl groups is 1. The topological polar surface area (TPSA) is 105 Å². The highest BCUT2D eigenvalue weighted by Crippen LogP contribution is 2.33. The fourth-order valence-electron chi connectivity index (χ4n) is 4.50. The van der Waals surface area contributed by atoms with E-state index in [4.69, 9.17) is 11.2 Å². The molecule has 2 aliphatic heterocycles. The van der Waals surface area contributed by atoms with E-state index in [2.05, 4.69) is 16.0 Å². The van der Waals surface area contributed by atoms with Crippen LogP contribution in [0.15, 0.2) is 41.5 Å². The number of hydrogen-bond acceptors (Lipinski definition) is 5. The van der Waals surface area contributed by atoms with E-state index in [9.17, 15) is 14.7 Å². The molecule has 0 spiro atoms. The summed E-state index contributed by atoms with van der Waals surface area (Å²) in [4.78, 5) is 32.0. The molecular formula is C23H31N5O3. The average molecular weight is 430 g/mol. The molecule has 3 heterocycles. The minimum Gasteiger partial charge on any atom is -0.392 e. The number of β-amino-alcohol motifs (C(OH)–C–C–N with tert-alkyl or cyclic N) is 1. The molecule has 3 N–H and O–H groups in total. The molecule has 1 aromatic carbocycles. The number of nitrogens with zero attached hydrogens (tertiary/aromatic N) is 4. The molecule has 8 nitrogen and oxygen atoms in total. The Kier molecular flexibility index (Phi) is 4.80. The maximum Gasteiger partial charge on any atom is 0.314 e. The first-order chi connectivity index (χ1) is 16.4. The smallest absolute Gasteiger partial charge is 0.314 e. The Hall–Kier alpha value is -2.71. The minimum absolute atomic E-state index is 0.0987. The third-order valence-electron chi connectivity index (χ3n) is 6.02. The van der Waals surface area contributed by atoms with Crippen molar-refractivity contribution in [2.75, 3.05) is 26.1 Å². The molecule has 166 valence electrons. The Morgan fingerprint density at radius 2 is 2.13 bits per heavy atom. The first kappa shape index (κ1) is 16.9. The van der Waals surface area contributed by atoms with Gasteiger partial charge >= 0.3 is 6.03 Å². The quantitative estimate of drug-likeness (QED) is 0.744. The highest BCUT2D eigenvalue weighted by atomic mass is 16.3. The van der Waals surface area contributed by atoms with E-state index in [1.807, 2.05) is 18.2 Å². The van der Waals surface area contributed by atoms with Crippen LogP contribution in [0.3, 0.4) is 0 Å². The standard InChI is InChI=1S/C23H31N5O3/c1-17-21(30)28(12-9-25-17)23(8-4-10-27(16-23)22(24)31)13-20(29)15-26-11-7-18-5-2-3-6-19(18)14-26/h2-3,5-6,9,12,20,29H,4,7-8,10-11,13-16H2,1H3,(H2,24,31)/t20-,23?/m0/s1/i4D2,16D2. The van der Waals surface area contributed by atoms with Crippen molar-refractivity contribution in [2.24, 2.45) is 5.73 Å². The Morgan fingerprint density at radius 1 is 1.35 bits per heavy atom. The van der Waals surface area contributed by atoms with Crippen molar-refractivity contribution in [3.63, 3.8) is 0 Å². The fraction of sp³-hybridized carbons (Fsp3) is 0.522. The van der Waals surface area contributed by atoms with E-state index in [1.165, 1.54) is 24.9 Å². The highest BCUT2D eigenvalue weighted by Gasteiger charge is 2.41. The van der Waals surface area contributed by atoms with Crippen molar-refractivity contribution >= 4 is 6.03 Å². The zero-order valence-electron chi connectivity index (χ0n) is 21.6. The van der Waals surface area contributed by atoms with E-state index < -0.39 is 49.1 Å².